The molecule has 0 aliphatic heterocycles. The molecule has 52 valence electrons. The van der Waals surface area contributed by atoms with E-state index >= 15 is 0 Å². The lowest BCUT2D eigenvalue weighted by Gasteiger charge is -1.99. The van der Waals surface area contributed by atoms with Crippen molar-refractivity contribution in [1.29, 1.82) is 5.41 Å². The van der Waals surface area contributed by atoms with Gasteiger partial charge in [-0.15, -0.1) is 0 Å². The third-order valence-corrected chi connectivity index (χ3v) is 1.24. The molecular weight excluding hydrogens is 126 g/mol. The molecule has 1 heterocycles. The Kier molecular flexibility index (Phi) is 1.67. The molecule has 10 heavy (non-hydrogen) atoms. The van der Waals surface area contributed by atoms with E-state index in [-0.39, 0.29) is 0 Å². The first-order valence-corrected chi connectivity index (χ1v) is 2.98. The van der Waals surface area contributed by atoms with Crippen molar-refractivity contribution in [2.45, 2.75) is 6.92 Å². The van der Waals surface area contributed by atoms with E-state index in [0.717, 1.165) is 0 Å². The lowest BCUT2D eigenvalue weighted by Crippen LogP contribution is -2.00. The molecular formula is C7H9N3. The number of hydrogen-bond donors (Lipinski definition) is 2. The van der Waals surface area contributed by atoms with Gasteiger partial charge >= 0.3 is 0 Å². The van der Waals surface area contributed by atoms with Gasteiger partial charge < -0.3 is 11.1 Å². The summed E-state index contributed by atoms with van der Waals surface area (Å²) in [6, 6.07) is 3.55. The van der Waals surface area contributed by atoms with Crippen LogP contribution in [0.25, 0.3) is 0 Å². The van der Waals surface area contributed by atoms with Gasteiger partial charge in [0, 0.05) is 17.5 Å². The highest BCUT2D eigenvalue weighted by molar-refractivity contribution is 5.99. The molecule has 0 aromatic carbocycles. The highest BCUT2D eigenvalue weighted by Crippen LogP contribution is 2.06. The minimum absolute atomic E-state index is 0.426. The summed E-state index contributed by atoms with van der Waals surface area (Å²) in [6.45, 7) is 1.69. The molecule has 0 saturated heterocycles. The summed E-state index contributed by atoms with van der Waals surface area (Å²) >= 11 is 0. The predicted molar refractivity (Wildman–Crippen MR) is 41.2 cm³/mol. The van der Waals surface area contributed by atoms with Gasteiger partial charge in [-0.2, -0.15) is 0 Å². The van der Waals surface area contributed by atoms with E-state index in [4.69, 9.17) is 11.1 Å². The number of rotatable bonds is 1. The Morgan fingerprint density at radius 1 is 1.70 bits per heavy atom. The molecule has 3 N–H and O–H groups in total. The van der Waals surface area contributed by atoms with E-state index in [1.54, 1.807) is 25.3 Å². The van der Waals surface area contributed by atoms with Crippen molar-refractivity contribution in [3.05, 3.63) is 23.9 Å². The Morgan fingerprint density at radius 3 is 2.80 bits per heavy atom. The van der Waals surface area contributed by atoms with Crippen molar-refractivity contribution >= 4 is 11.5 Å². The largest absolute Gasteiger partial charge is 0.383 e. The molecule has 0 aliphatic rings. The van der Waals surface area contributed by atoms with Gasteiger partial charge in [0.05, 0.1) is 0 Å². The predicted octanol–water partition coefficient (Wildman–Crippen LogP) is 1.05. The van der Waals surface area contributed by atoms with Crippen LogP contribution in [-0.2, 0) is 0 Å². The first-order valence-electron chi connectivity index (χ1n) is 2.98. The lowest BCUT2D eigenvalue weighted by atomic mass is 10.2. The van der Waals surface area contributed by atoms with Crippen LogP contribution in [-0.4, -0.2) is 10.7 Å². The maximum Gasteiger partial charge on any atom is 0.132 e. The summed E-state index contributed by atoms with van der Waals surface area (Å²) in [7, 11) is 0. The number of hydrogen-bond acceptors (Lipinski definition) is 3. The first kappa shape index (κ1) is 6.74. The van der Waals surface area contributed by atoms with E-state index in [1.807, 2.05) is 0 Å². The van der Waals surface area contributed by atoms with E-state index in [2.05, 4.69) is 4.98 Å². The van der Waals surface area contributed by atoms with Gasteiger partial charge in [0.1, 0.15) is 5.82 Å². The van der Waals surface area contributed by atoms with Crippen LogP contribution in [0, 0.1) is 5.41 Å². The second-order valence-electron chi connectivity index (χ2n) is 2.06. The zero-order chi connectivity index (χ0) is 7.56. The van der Waals surface area contributed by atoms with Crippen LogP contribution in [0.5, 0.6) is 0 Å². The van der Waals surface area contributed by atoms with Gasteiger partial charge in [0.2, 0.25) is 0 Å². The Hall–Kier alpha value is -1.38. The fourth-order valence-corrected chi connectivity index (χ4v) is 0.735. The number of aromatic nitrogens is 1. The van der Waals surface area contributed by atoms with Crippen molar-refractivity contribution in [2.75, 3.05) is 5.73 Å². The van der Waals surface area contributed by atoms with Gasteiger partial charge in [-0.25, -0.2) is 4.98 Å². The number of anilines is 1. The zero-order valence-electron chi connectivity index (χ0n) is 5.76. The Morgan fingerprint density at radius 2 is 2.40 bits per heavy atom. The molecule has 0 aliphatic carbocycles. The summed E-state index contributed by atoms with van der Waals surface area (Å²) in [6.07, 6.45) is 1.61. The van der Waals surface area contributed by atoms with E-state index in [0.29, 0.717) is 17.1 Å². The van der Waals surface area contributed by atoms with Crippen molar-refractivity contribution in [1.82, 2.24) is 4.98 Å². The molecule has 0 spiro atoms. The molecule has 3 nitrogen and oxygen atoms in total. The summed E-state index contributed by atoms with van der Waals surface area (Å²) in [5.41, 5.74) is 6.63. The SMILES string of the molecule is CC(=N)c1cccnc1N. The second-order valence-corrected chi connectivity index (χ2v) is 2.06. The van der Waals surface area contributed by atoms with Gasteiger partial charge in [-0.3, -0.25) is 0 Å². The van der Waals surface area contributed by atoms with Crippen molar-refractivity contribution in [3.8, 4) is 0 Å². The Labute approximate surface area is 59.4 Å². The molecule has 1 rings (SSSR count). The topological polar surface area (TPSA) is 62.8 Å². The van der Waals surface area contributed by atoms with Crippen molar-refractivity contribution < 1.29 is 0 Å². The molecule has 0 bridgehead atoms. The number of pyridine rings is 1. The van der Waals surface area contributed by atoms with Crippen LogP contribution in [0.1, 0.15) is 12.5 Å². The fraction of sp³-hybridized carbons (Fsp3) is 0.143. The summed E-state index contributed by atoms with van der Waals surface area (Å²) in [5, 5.41) is 7.26. The van der Waals surface area contributed by atoms with Crippen LogP contribution >= 0.6 is 0 Å². The summed E-state index contributed by atoms with van der Waals surface area (Å²) in [5.74, 6) is 0.426. The molecule has 0 amide bonds. The summed E-state index contributed by atoms with van der Waals surface area (Å²) in [4.78, 5) is 3.84. The van der Waals surface area contributed by atoms with Gasteiger partial charge in [0.15, 0.2) is 0 Å². The van der Waals surface area contributed by atoms with E-state index in [9.17, 15) is 0 Å². The molecule has 0 radical (unpaired) electrons. The average molecular weight is 135 g/mol. The maximum absolute atomic E-state index is 7.26. The Bertz CT molecular complexity index is 255. The van der Waals surface area contributed by atoms with Crippen molar-refractivity contribution in [2.24, 2.45) is 0 Å². The molecule has 0 atom stereocenters. The van der Waals surface area contributed by atoms with E-state index in [1.165, 1.54) is 0 Å². The zero-order valence-corrected chi connectivity index (χ0v) is 5.76. The van der Waals surface area contributed by atoms with Gasteiger partial charge in [-0.1, -0.05) is 0 Å². The smallest absolute Gasteiger partial charge is 0.132 e. The van der Waals surface area contributed by atoms with Crippen molar-refractivity contribution in [3.63, 3.8) is 0 Å². The van der Waals surface area contributed by atoms with E-state index < -0.39 is 0 Å². The minimum Gasteiger partial charge on any atom is -0.383 e. The average Bonchev–Trinajstić information content (AvgIpc) is 1.88. The highest BCUT2D eigenvalue weighted by atomic mass is 14.8. The molecule has 3 heteroatoms. The number of nitrogens with zero attached hydrogens (tertiary/aromatic N) is 1. The third kappa shape index (κ3) is 1.13. The van der Waals surface area contributed by atoms with Gasteiger partial charge in [0.25, 0.3) is 0 Å². The number of nitrogen functional groups attached to an aromatic ring is 1. The molecule has 0 saturated carbocycles. The Balaban J connectivity index is 3.15. The molecule has 1 aromatic heterocycles. The van der Waals surface area contributed by atoms with Crippen LogP contribution < -0.4 is 5.73 Å². The minimum atomic E-state index is 0.426. The first-order chi connectivity index (χ1) is 4.72. The third-order valence-electron chi connectivity index (χ3n) is 1.24. The number of nitrogens with two attached hydrogens (primary N) is 1. The lowest BCUT2D eigenvalue weighted by molar-refractivity contribution is 1.31. The fourth-order valence-electron chi connectivity index (χ4n) is 0.735. The maximum atomic E-state index is 7.26. The molecule has 0 unspecified atom stereocenters. The highest BCUT2D eigenvalue weighted by Gasteiger charge is 1.98. The monoisotopic (exact) mass is 135 g/mol. The van der Waals surface area contributed by atoms with Crippen LogP contribution in [0.4, 0.5) is 5.82 Å². The normalized spacial score (nSPS) is 9.30. The van der Waals surface area contributed by atoms with Crippen LogP contribution in [0.15, 0.2) is 18.3 Å². The van der Waals surface area contributed by atoms with Gasteiger partial charge in [-0.05, 0) is 19.1 Å². The molecule has 1 aromatic rings. The second kappa shape index (κ2) is 2.47. The van der Waals surface area contributed by atoms with Crippen LogP contribution in [0.2, 0.25) is 0 Å². The van der Waals surface area contributed by atoms with Crippen LogP contribution in [0.3, 0.4) is 0 Å². The number of nitrogens with one attached hydrogen (secondary N) is 1. The molecule has 0 fully saturated rings. The summed E-state index contributed by atoms with van der Waals surface area (Å²) < 4.78 is 0. The quantitative estimate of drug-likeness (QED) is 0.565. The standard InChI is InChI=1S/C7H9N3/c1-5(8)6-3-2-4-10-7(6)9/h2-4,8H,1H3,(H2,9,10).